The fraction of sp³-hybridized carbons (Fsp3) is 0.333. The van der Waals surface area contributed by atoms with Crippen molar-refractivity contribution in [1.29, 1.82) is 5.41 Å². The van der Waals surface area contributed by atoms with E-state index >= 15 is 0 Å². The van der Waals surface area contributed by atoms with Gasteiger partial charge in [-0.2, -0.15) is 8.62 Å². The summed E-state index contributed by atoms with van der Waals surface area (Å²) in [5, 5.41) is 78.6. The van der Waals surface area contributed by atoms with Gasteiger partial charge < -0.3 is 93.2 Å². The molecule has 0 amide bonds. The van der Waals surface area contributed by atoms with E-state index in [0.29, 0.717) is 31.5 Å². The number of aliphatic hydroxyl groups is 3. The van der Waals surface area contributed by atoms with E-state index in [-0.39, 0.29) is 30.7 Å². The number of phosphoric ester groups is 2. The van der Waals surface area contributed by atoms with Crippen molar-refractivity contribution in [2.45, 2.75) is 37.4 Å². The molecule has 0 spiro atoms. The molecular weight excluding hydrogens is 1150 g/mol. The maximum Gasteiger partial charge on any atom is 0.490 e. The van der Waals surface area contributed by atoms with Crippen LogP contribution in [0, 0.1) is 5.41 Å². The first kappa shape index (κ1) is 59.6. The van der Waals surface area contributed by atoms with Crippen LogP contribution in [-0.2, 0) is 71.6 Å². The standard InChI is InChI=1S/C33H42N5O29P7/c34-25-11-14-38(33(44)37-25)32-29(41)28(40)24(61-32)17-60-69(47,48)63-71(51,52)65-73(55,56)67-74(57,58)66-72(53,54)64-70(49,50)62-68(45,46)59-16-2-13-36-31(43)23-8-6-19-4-3-18-5-7-22(30(42)35-12-1-15-39)20-9-10-21(23)27(19)26(18)20/h3-11,14,24,28-29,32,39-41H,1-2,12-13,15-17H2,(H,35,42)(H,36,43)(H,45,46)(H,47,48)(H,49,50)(H,51,52)(H,53,54)(H,55,56)(H,57,58)(H2,34,37,44)/p-7/t24-,28-,29-,32-/m1/s1. The number of benzene rings is 4. The van der Waals surface area contributed by atoms with Crippen LogP contribution < -0.4 is 40.4 Å². The van der Waals surface area contributed by atoms with Gasteiger partial charge in [0.1, 0.15) is 23.8 Å². The summed E-state index contributed by atoms with van der Waals surface area (Å²) in [4.78, 5) is 88.8. The second kappa shape index (κ2) is 23.2. The highest BCUT2D eigenvalue weighted by Crippen LogP contribution is 2.75. The second-order valence-corrected chi connectivity index (χ2v) is 25.6. The van der Waals surface area contributed by atoms with Crippen LogP contribution >= 0.6 is 54.8 Å². The Kier molecular flexibility index (Phi) is 18.7. The first-order chi connectivity index (χ1) is 34.2. The molecule has 7 N–H and O–H groups in total. The van der Waals surface area contributed by atoms with Crippen LogP contribution in [0.15, 0.2) is 70.8 Å². The highest BCUT2D eigenvalue weighted by atomic mass is 31.3. The molecule has 1 fully saturated rings. The molecule has 2 heterocycles. The normalized spacial score (nSPS) is 23.6. The summed E-state index contributed by atoms with van der Waals surface area (Å²) in [5.41, 5.74) is -0.119. The van der Waals surface area contributed by atoms with Crippen LogP contribution in [0.4, 0.5) is 0 Å². The number of aliphatic hydroxyl groups excluding tert-OH is 3. The molecule has 11 atom stereocenters. The number of ether oxygens (including phenoxy) is 1. The Morgan fingerprint density at radius 1 is 0.649 bits per heavy atom. The SMILES string of the molecule is N=c1ccn([C@@H]2O[C@H](COP(=O)([O-])OP(=O)([O-])OP(=O)(O)OP(=O)(O)OP(=O)(O)OP(=O)([O-])OP(=O)([O-])OCCCN=C([O-])c3ccc4ccc5ccc(C([O-])=NCCCO)c6ccc3c4c56)[C@@H](O)[C@H]2O)c([O-])n1. The maximum atomic E-state index is 13.2. The number of phosphoric acid groups is 7. The van der Waals surface area contributed by atoms with Crippen LogP contribution in [0.25, 0.3) is 32.3 Å². The number of nitrogens with one attached hydrogen (secondary N) is 1. The Bertz CT molecular complexity index is 3380. The first-order valence-electron chi connectivity index (χ1n) is 20.1. The van der Waals surface area contributed by atoms with Gasteiger partial charge in [-0.15, -0.1) is 0 Å². The van der Waals surface area contributed by atoms with Gasteiger partial charge in [0.15, 0.2) is 6.23 Å². The Morgan fingerprint density at radius 3 is 1.59 bits per heavy atom. The molecule has 1 aliphatic heterocycles. The van der Waals surface area contributed by atoms with Crippen molar-refractivity contribution in [3.05, 3.63) is 77.4 Å². The molecule has 6 rings (SSSR count). The highest BCUT2D eigenvalue weighted by Gasteiger charge is 2.47. The highest BCUT2D eigenvalue weighted by molar-refractivity contribution is 7.72. The van der Waals surface area contributed by atoms with Crippen molar-refractivity contribution >= 4 is 98.9 Å². The predicted molar refractivity (Wildman–Crippen MR) is 231 cm³/mol. The van der Waals surface area contributed by atoms with Crippen molar-refractivity contribution in [3.63, 3.8) is 0 Å². The van der Waals surface area contributed by atoms with E-state index < -0.39 is 129 Å². The average molecular weight is 1180 g/mol. The van der Waals surface area contributed by atoms with Crippen LogP contribution in [0.3, 0.4) is 0 Å². The summed E-state index contributed by atoms with van der Waals surface area (Å²) in [6.45, 7) is -2.89. The Labute approximate surface area is 413 Å². The number of aromatic nitrogens is 2. The minimum atomic E-state index is -6.85. The zero-order chi connectivity index (χ0) is 54.8. The van der Waals surface area contributed by atoms with E-state index in [1.165, 1.54) is 6.07 Å². The molecule has 5 aromatic rings. The molecular formula is C33H35N5O29P7-7. The monoisotopic (exact) mass is 1180 g/mol. The summed E-state index contributed by atoms with van der Waals surface area (Å²) in [7, 11) is -46.5. The summed E-state index contributed by atoms with van der Waals surface area (Å²) >= 11 is 0. The van der Waals surface area contributed by atoms with Crippen molar-refractivity contribution in [2.24, 2.45) is 9.98 Å². The fourth-order valence-electron chi connectivity index (χ4n) is 6.77. The molecule has 1 aliphatic rings. The summed E-state index contributed by atoms with van der Waals surface area (Å²) in [5.74, 6) is -1.30. The molecule has 74 heavy (non-hydrogen) atoms. The molecule has 0 bridgehead atoms. The number of hydrogen-bond acceptors (Lipinski definition) is 30. The summed E-state index contributed by atoms with van der Waals surface area (Å²) in [6.07, 6.45) is -6.95. The smallest absolute Gasteiger partial charge is 0.490 e. The van der Waals surface area contributed by atoms with Gasteiger partial charge >= 0.3 is 23.5 Å². The number of aliphatic imine (C=N–C) groups is 2. The minimum Gasteiger partial charge on any atom is -0.858 e. The van der Waals surface area contributed by atoms with Crippen LogP contribution in [0.1, 0.15) is 30.2 Å². The maximum absolute atomic E-state index is 13.2. The Hall–Kier alpha value is -3.61. The van der Waals surface area contributed by atoms with Gasteiger partial charge in [0, 0.05) is 25.9 Å². The molecule has 41 heteroatoms. The Morgan fingerprint density at radius 2 is 1.11 bits per heavy atom. The van der Waals surface area contributed by atoms with Crippen molar-refractivity contribution in [2.75, 3.05) is 32.9 Å². The molecule has 34 nitrogen and oxygen atoms in total. The minimum absolute atomic E-state index is 0.0977. The van der Waals surface area contributed by atoms with Crippen molar-refractivity contribution in [1.82, 2.24) is 9.55 Å². The Balaban J connectivity index is 0.984. The van der Waals surface area contributed by atoms with Crippen molar-refractivity contribution < 1.29 is 136 Å². The zero-order valence-electron chi connectivity index (χ0n) is 36.5. The number of hydrogen-bond donors (Lipinski definition) is 7. The van der Waals surface area contributed by atoms with E-state index in [4.69, 9.17) is 15.3 Å². The van der Waals surface area contributed by atoms with Crippen LogP contribution in [0.2, 0.25) is 0 Å². The summed E-state index contributed by atoms with van der Waals surface area (Å²) < 4.78 is 120. The molecule has 0 radical (unpaired) electrons. The summed E-state index contributed by atoms with van der Waals surface area (Å²) in [6, 6.07) is 13.1. The van der Waals surface area contributed by atoms with Crippen LogP contribution in [0.5, 0.6) is 6.01 Å². The lowest BCUT2D eigenvalue weighted by Gasteiger charge is -2.32. The predicted octanol–water partition coefficient (Wildman–Crippen LogP) is -2.05. The molecule has 4 aromatic carbocycles. The van der Waals surface area contributed by atoms with Gasteiger partial charge in [0.05, 0.1) is 19.2 Å². The van der Waals surface area contributed by atoms with Crippen LogP contribution in [-0.4, -0.2) is 103 Å². The van der Waals surface area contributed by atoms with Gasteiger partial charge in [0.25, 0.3) is 31.3 Å². The fourth-order valence-corrected chi connectivity index (χ4v) is 15.8. The molecule has 0 saturated carbocycles. The van der Waals surface area contributed by atoms with E-state index in [0.717, 1.165) is 17.6 Å². The average Bonchev–Trinajstić information content (AvgIpc) is 3.53. The topological polar surface area (TPSA) is 552 Å². The molecule has 1 aromatic heterocycles. The lowest BCUT2D eigenvalue weighted by molar-refractivity contribution is -0.292. The molecule has 0 aliphatic carbocycles. The van der Waals surface area contributed by atoms with Crippen molar-refractivity contribution in [3.8, 4) is 6.01 Å². The number of rotatable bonds is 26. The van der Waals surface area contributed by atoms with E-state index in [2.05, 4.69) is 49.9 Å². The molecule has 7 unspecified atom stereocenters. The van der Waals surface area contributed by atoms with Gasteiger partial charge in [-0.3, -0.25) is 23.7 Å². The van der Waals surface area contributed by atoms with Gasteiger partial charge in [-0.1, -0.05) is 48.5 Å². The lowest BCUT2D eigenvalue weighted by atomic mass is 9.90. The lowest BCUT2D eigenvalue weighted by Crippen LogP contribution is -2.34. The van der Waals surface area contributed by atoms with E-state index in [1.807, 2.05) is 6.07 Å². The number of nitrogens with zero attached hydrogens (tertiary/aromatic N) is 4. The third-order valence-electron chi connectivity index (χ3n) is 9.56. The largest absolute Gasteiger partial charge is 0.858 e. The van der Waals surface area contributed by atoms with E-state index in [1.54, 1.807) is 36.4 Å². The van der Waals surface area contributed by atoms with Gasteiger partial charge in [0.2, 0.25) is 0 Å². The first-order valence-corrected chi connectivity index (χ1v) is 30.4. The van der Waals surface area contributed by atoms with Gasteiger partial charge in [-0.05, 0) is 74.1 Å². The zero-order valence-corrected chi connectivity index (χ0v) is 42.8. The second-order valence-electron chi connectivity index (χ2n) is 14.8. The third-order valence-corrected chi connectivity index (χ3v) is 20.3. The molecule has 408 valence electrons. The third kappa shape index (κ3) is 15.5. The quantitative estimate of drug-likeness (QED) is 0.0103. The van der Waals surface area contributed by atoms with E-state index in [9.17, 15) is 91.7 Å². The van der Waals surface area contributed by atoms with Gasteiger partial charge in [-0.25, -0.2) is 35.9 Å². The molecule has 1 saturated heterocycles.